The van der Waals surface area contributed by atoms with Gasteiger partial charge in [0.15, 0.2) is 5.13 Å². The maximum absolute atomic E-state index is 14.1. The number of aromatic nitrogens is 1. The van der Waals surface area contributed by atoms with Crippen molar-refractivity contribution in [3.05, 3.63) is 59.7 Å². The lowest BCUT2D eigenvalue weighted by Gasteiger charge is -2.25. The number of para-hydroxylation sites is 1. The summed E-state index contributed by atoms with van der Waals surface area (Å²) in [5, 5.41) is 0.427. The summed E-state index contributed by atoms with van der Waals surface area (Å²) < 4.78 is 33.8. The van der Waals surface area contributed by atoms with Gasteiger partial charge in [-0.1, -0.05) is 23.5 Å². The van der Waals surface area contributed by atoms with Gasteiger partial charge >= 0.3 is 0 Å². The highest BCUT2D eigenvalue weighted by Crippen LogP contribution is 2.31. The molecule has 0 saturated carbocycles. The monoisotopic (exact) mass is 418 g/mol. The van der Waals surface area contributed by atoms with Crippen LogP contribution in [0.2, 0.25) is 0 Å². The van der Waals surface area contributed by atoms with Crippen molar-refractivity contribution in [1.29, 1.82) is 0 Å². The lowest BCUT2D eigenvalue weighted by Crippen LogP contribution is -3.14. The highest BCUT2D eigenvalue weighted by atomic mass is 32.1. The molecule has 1 aliphatic heterocycles. The number of nitrogens with zero attached hydrogens (tertiary/aromatic N) is 2. The highest BCUT2D eigenvalue weighted by Gasteiger charge is 2.23. The highest BCUT2D eigenvalue weighted by molar-refractivity contribution is 7.22. The third kappa shape index (κ3) is 4.60. The Kier molecular flexibility index (Phi) is 6.13. The van der Waals surface area contributed by atoms with E-state index in [4.69, 9.17) is 4.74 Å². The Morgan fingerprint density at radius 3 is 2.72 bits per heavy atom. The van der Waals surface area contributed by atoms with E-state index in [1.165, 1.54) is 40.5 Å². The quantitative estimate of drug-likeness (QED) is 0.669. The number of hydrogen-bond donors (Lipinski definition) is 1. The second kappa shape index (κ2) is 8.94. The number of thiazole rings is 1. The van der Waals surface area contributed by atoms with E-state index in [2.05, 4.69) is 4.98 Å². The molecule has 8 heteroatoms. The summed E-state index contributed by atoms with van der Waals surface area (Å²) in [5.41, 5.74) is 0.506. The van der Waals surface area contributed by atoms with E-state index in [0.717, 1.165) is 39.3 Å². The number of anilines is 1. The van der Waals surface area contributed by atoms with Gasteiger partial charge in [-0.15, -0.1) is 0 Å². The number of hydrogen-bond acceptors (Lipinski definition) is 4. The zero-order valence-corrected chi connectivity index (χ0v) is 16.7. The van der Waals surface area contributed by atoms with Crippen LogP contribution < -0.4 is 9.80 Å². The second-order valence-electron chi connectivity index (χ2n) is 7.02. The number of morpholine rings is 1. The van der Waals surface area contributed by atoms with E-state index < -0.39 is 11.6 Å². The zero-order chi connectivity index (χ0) is 20.2. The number of rotatable bonds is 6. The van der Waals surface area contributed by atoms with Crippen molar-refractivity contribution in [3.63, 3.8) is 0 Å². The Labute approximate surface area is 171 Å². The largest absolute Gasteiger partial charge is 0.370 e. The number of halogens is 2. The van der Waals surface area contributed by atoms with Crippen LogP contribution in [0.1, 0.15) is 16.8 Å². The van der Waals surface area contributed by atoms with Crippen LogP contribution in [0.3, 0.4) is 0 Å². The molecule has 0 atom stereocenters. The Bertz CT molecular complexity index is 1000. The van der Waals surface area contributed by atoms with E-state index >= 15 is 0 Å². The molecule has 1 N–H and O–H groups in total. The minimum Gasteiger partial charge on any atom is -0.370 e. The number of benzene rings is 2. The maximum atomic E-state index is 14.1. The molecule has 4 rings (SSSR count). The molecular formula is C21H22F2N3O2S+. The molecule has 2 aromatic carbocycles. The topological polar surface area (TPSA) is 46.9 Å². The minimum atomic E-state index is -0.469. The number of fused-ring (bicyclic) bond motifs is 1. The summed E-state index contributed by atoms with van der Waals surface area (Å²) >= 11 is 1.27. The van der Waals surface area contributed by atoms with Crippen LogP contribution in [0.15, 0.2) is 42.5 Å². The van der Waals surface area contributed by atoms with Crippen LogP contribution >= 0.6 is 11.3 Å². The average Bonchev–Trinajstić information content (AvgIpc) is 3.17. The van der Waals surface area contributed by atoms with Crippen molar-refractivity contribution in [3.8, 4) is 0 Å². The molecule has 0 unspecified atom stereocenters. The number of carbonyl (C=O) groups is 1. The molecule has 1 aliphatic rings. The third-order valence-corrected chi connectivity index (χ3v) is 6.06. The standard InChI is InChI=1S/C21H21F2N3O2S/c22-16-5-1-4-15(14-16)20(27)26(9-3-8-25-10-12-28-13-11-25)21-24-19-17(23)6-2-7-18(19)29-21/h1-2,4-7,14H,3,8-13H2/p+1. The predicted molar refractivity (Wildman–Crippen MR) is 109 cm³/mol. The molecule has 152 valence electrons. The SMILES string of the molecule is O=C(c1cccc(F)c1)N(CCC[NH+]1CCOCC1)c1nc2c(F)cccc2s1. The van der Waals surface area contributed by atoms with Crippen LogP contribution in [0, 0.1) is 11.6 Å². The molecule has 29 heavy (non-hydrogen) atoms. The summed E-state index contributed by atoms with van der Waals surface area (Å²) in [4.78, 5) is 20.5. The Hall–Kier alpha value is -2.42. The minimum absolute atomic E-state index is 0.253. The summed E-state index contributed by atoms with van der Waals surface area (Å²) in [7, 11) is 0. The number of carbonyl (C=O) groups excluding carboxylic acids is 1. The first kappa shape index (κ1) is 19.9. The van der Waals surface area contributed by atoms with Gasteiger partial charge in [-0.05, 0) is 30.3 Å². The molecule has 0 radical (unpaired) electrons. The summed E-state index contributed by atoms with van der Waals surface area (Å²) in [5.74, 6) is -1.22. The Balaban J connectivity index is 1.58. The first-order valence-corrected chi connectivity index (χ1v) is 10.5. The molecule has 2 heterocycles. The van der Waals surface area contributed by atoms with Gasteiger partial charge in [0, 0.05) is 18.5 Å². The van der Waals surface area contributed by atoms with Gasteiger partial charge in [-0.2, -0.15) is 0 Å². The Morgan fingerprint density at radius 1 is 1.17 bits per heavy atom. The van der Waals surface area contributed by atoms with E-state index in [1.54, 1.807) is 23.1 Å². The van der Waals surface area contributed by atoms with Crippen molar-refractivity contribution in [2.45, 2.75) is 6.42 Å². The molecule has 1 amide bonds. The smallest absolute Gasteiger partial charge is 0.260 e. The van der Waals surface area contributed by atoms with Gasteiger partial charge in [0.25, 0.3) is 5.91 Å². The zero-order valence-electron chi connectivity index (χ0n) is 15.9. The molecule has 0 bridgehead atoms. The van der Waals surface area contributed by atoms with E-state index in [0.29, 0.717) is 16.4 Å². The summed E-state index contributed by atoms with van der Waals surface area (Å²) in [6, 6.07) is 10.4. The number of ether oxygens (including phenoxy) is 1. The van der Waals surface area contributed by atoms with Crippen molar-refractivity contribution in [1.82, 2.24) is 4.98 Å². The number of nitrogens with one attached hydrogen (secondary N) is 1. The van der Waals surface area contributed by atoms with Gasteiger partial charge in [0.05, 0.1) is 24.5 Å². The fourth-order valence-electron chi connectivity index (χ4n) is 3.48. The maximum Gasteiger partial charge on any atom is 0.260 e. The van der Waals surface area contributed by atoms with Crippen LogP contribution in [0.25, 0.3) is 10.2 Å². The molecular weight excluding hydrogens is 396 g/mol. The van der Waals surface area contributed by atoms with Crippen LogP contribution in [0.4, 0.5) is 13.9 Å². The number of amides is 1. The first-order chi connectivity index (χ1) is 14.1. The van der Waals surface area contributed by atoms with Gasteiger partial charge in [-0.3, -0.25) is 9.69 Å². The molecule has 1 fully saturated rings. The number of quaternary nitrogens is 1. The van der Waals surface area contributed by atoms with Gasteiger partial charge in [0.1, 0.15) is 30.2 Å². The van der Waals surface area contributed by atoms with Crippen LogP contribution in [-0.2, 0) is 4.74 Å². The van der Waals surface area contributed by atoms with Crippen LogP contribution in [0.5, 0.6) is 0 Å². The van der Waals surface area contributed by atoms with Gasteiger partial charge in [-0.25, -0.2) is 13.8 Å². The predicted octanol–water partition coefficient (Wildman–Crippen LogP) is 2.53. The summed E-state index contributed by atoms with van der Waals surface area (Å²) in [6.45, 7) is 4.72. The molecule has 1 saturated heterocycles. The lowest BCUT2D eigenvalue weighted by atomic mass is 10.2. The molecule has 5 nitrogen and oxygen atoms in total. The van der Waals surface area contributed by atoms with Crippen molar-refractivity contribution >= 4 is 32.6 Å². The second-order valence-corrected chi connectivity index (χ2v) is 8.03. The van der Waals surface area contributed by atoms with E-state index in [9.17, 15) is 13.6 Å². The van der Waals surface area contributed by atoms with Gasteiger partial charge < -0.3 is 9.64 Å². The van der Waals surface area contributed by atoms with Crippen molar-refractivity contribution in [2.75, 3.05) is 44.3 Å². The van der Waals surface area contributed by atoms with Gasteiger partial charge in [0.2, 0.25) is 0 Å². The van der Waals surface area contributed by atoms with E-state index in [-0.39, 0.29) is 17.0 Å². The van der Waals surface area contributed by atoms with E-state index in [1.807, 2.05) is 0 Å². The van der Waals surface area contributed by atoms with Crippen molar-refractivity contribution in [2.24, 2.45) is 0 Å². The average molecular weight is 418 g/mol. The molecule has 0 aliphatic carbocycles. The molecule has 0 spiro atoms. The third-order valence-electron chi connectivity index (χ3n) is 5.02. The Morgan fingerprint density at radius 2 is 1.97 bits per heavy atom. The first-order valence-electron chi connectivity index (χ1n) is 9.65. The fourth-order valence-corrected chi connectivity index (χ4v) is 4.48. The summed E-state index contributed by atoms with van der Waals surface area (Å²) in [6.07, 6.45) is 0.759. The fraction of sp³-hybridized carbons (Fsp3) is 0.333. The lowest BCUT2D eigenvalue weighted by molar-refractivity contribution is -0.908. The normalized spacial score (nSPS) is 15.0. The molecule has 3 aromatic rings. The molecule has 1 aromatic heterocycles. The van der Waals surface area contributed by atoms with Crippen molar-refractivity contribution < 1.29 is 23.2 Å². The van der Waals surface area contributed by atoms with Crippen LogP contribution in [-0.4, -0.2) is 50.3 Å².